The molecule has 118 valence electrons. The van der Waals surface area contributed by atoms with Crippen molar-refractivity contribution in [3.05, 3.63) is 35.1 Å². The summed E-state index contributed by atoms with van der Waals surface area (Å²) in [5.41, 5.74) is 0.832. The Balaban J connectivity index is 1.75. The molecule has 22 heavy (non-hydrogen) atoms. The first-order chi connectivity index (χ1) is 10.5. The van der Waals surface area contributed by atoms with E-state index in [0.29, 0.717) is 30.4 Å². The fraction of sp³-hybridized carbons (Fsp3) is 0.429. The molecule has 0 bridgehead atoms. The van der Waals surface area contributed by atoms with Gasteiger partial charge in [0.15, 0.2) is 0 Å². The third-order valence-electron chi connectivity index (χ3n) is 3.68. The number of hydrogen-bond acceptors (Lipinski definition) is 6. The highest BCUT2D eigenvalue weighted by molar-refractivity contribution is 7.91. The molecule has 3 heterocycles. The minimum absolute atomic E-state index is 0.468. The van der Waals surface area contributed by atoms with Gasteiger partial charge < -0.3 is 4.90 Å². The third-order valence-corrected chi connectivity index (χ3v) is 7.35. The molecule has 6 nitrogen and oxygen atoms in total. The molecular weight excluding hydrogens is 320 g/mol. The second-order valence-electron chi connectivity index (χ2n) is 5.28. The van der Waals surface area contributed by atoms with Crippen LogP contribution in [0.15, 0.2) is 28.9 Å². The average molecular weight is 338 g/mol. The zero-order valence-electron chi connectivity index (χ0n) is 12.6. The largest absolute Gasteiger partial charge is 0.353 e. The molecular formula is C14H18N4O2S2. The van der Waals surface area contributed by atoms with Gasteiger partial charge in [-0.15, -0.1) is 11.3 Å². The summed E-state index contributed by atoms with van der Waals surface area (Å²) in [6.07, 6.45) is 4.99. The van der Waals surface area contributed by atoms with Gasteiger partial charge in [-0.25, -0.2) is 13.4 Å². The molecule has 8 heteroatoms. The van der Waals surface area contributed by atoms with E-state index < -0.39 is 10.0 Å². The number of sulfonamides is 1. The van der Waals surface area contributed by atoms with E-state index in [0.717, 1.165) is 16.3 Å². The zero-order chi connectivity index (χ0) is 15.7. The standard InChI is InChI=1S/C14H18N4O2S2/c1-11-9-12(2)21-14(11)22(19,20)18-7-5-17(6-8-18)13-10-15-3-4-16-13/h3-4,9-10H,5-8H2,1-2H3. The van der Waals surface area contributed by atoms with Crippen molar-refractivity contribution >= 4 is 27.2 Å². The van der Waals surface area contributed by atoms with Crippen molar-refractivity contribution in [2.45, 2.75) is 18.1 Å². The van der Waals surface area contributed by atoms with Crippen LogP contribution in [0.1, 0.15) is 10.4 Å². The first-order valence-corrected chi connectivity index (χ1v) is 9.32. The number of aromatic nitrogens is 2. The second-order valence-corrected chi connectivity index (χ2v) is 8.67. The maximum Gasteiger partial charge on any atom is 0.252 e. The van der Waals surface area contributed by atoms with Crippen molar-refractivity contribution in [1.82, 2.24) is 14.3 Å². The lowest BCUT2D eigenvalue weighted by molar-refractivity contribution is 0.384. The van der Waals surface area contributed by atoms with Crippen LogP contribution >= 0.6 is 11.3 Å². The SMILES string of the molecule is Cc1cc(C)c(S(=O)(=O)N2CCN(c3cnccn3)CC2)s1. The fourth-order valence-electron chi connectivity index (χ4n) is 2.61. The summed E-state index contributed by atoms with van der Waals surface area (Å²) in [6, 6.07) is 1.92. The van der Waals surface area contributed by atoms with Gasteiger partial charge in [-0.2, -0.15) is 4.31 Å². The highest BCUT2D eigenvalue weighted by atomic mass is 32.2. The lowest BCUT2D eigenvalue weighted by atomic mass is 10.3. The maximum atomic E-state index is 12.8. The Hall–Kier alpha value is -1.51. The summed E-state index contributed by atoms with van der Waals surface area (Å²) < 4.78 is 27.5. The van der Waals surface area contributed by atoms with Crippen molar-refractivity contribution in [2.24, 2.45) is 0 Å². The van der Waals surface area contributed by atoms with Crippen LogP contribution in [0, 0.1) is 13.8 Å². The molecule has 0 amide bonds. The van der Waals surface area contributed by atoms with Gasteiger partial charge in [0.05, 0.1) is 6.20 Å². The van der Waals surface area contributed by atoms with Crippen molar-refractivity contribution < 1.29 is 8.42 Å². The second kappa shape index (κ2) is 5.94. The van der Waals surface area contributed by atoms with Gasteiger partial charge in [0.2, 0.25) is 0 Å². The third kappa shape index (κ3) is 2.86. The van der Waals surface area contributed by atoms with E-state index >= 15 is 0 Å². The van der Waals surface area contributed by atoms with Gasteiger partial charge in [0, 0.05) is 43.4 Å². The summed E-state index contributed by atoms with van der Waals surface area (Å²) in [5.74, 6) is 0.794. The van der Waals surface area contributed by atoms with Crippen LogP contribution in [0.25, 0.3) is 0 Å². The molecule has 1 aliphatic heterocycles. The number of hydrogen-bond donors (Lipinski definition) is 0. The monoisotopic (exact) mass is 338 g/mol. The summed E-state index contributed by atoms with van der Waals surface area (Å²) in [7, 11) is -3.39. The van der Waals surface area contributed by atoms with Gasteiger partial charge in [0.25, 0.3) is 10.0 Å². The van der Waals surface area contributed by atoms with Crippen LogP contribution < -0.4 is 4.90 Å². The van der Waals surface area contributed by atoms with Gasteiger partial charge in [-0.05, 0) is 25.5 Å². The molecule has 0 aromatic carbocycles. The van der Waals surface area contributed by atoms with Crippen molar-refractivity contribution in [1.29, 1.82) is 0 Å². The number of anilines is 1. The minimum Gasteiger partial charge on any atom is -0.353 e. The lowest BCUT2D eigenvalue weighted by Crippen LogP contribution is -2.48. The Labute approximate surface area is 134 Å². The Kier molecular flexibility index (Phi) is 4.16. The average Bonchev–Trinajstić information content (AvgIpc) is 2.88. The molecule has 0 radical (unpaired) electrons. The first-order valence-electron chi connectivity index (χ1n) is 7.06. The molecule has 0 atom stereocenters. The van der Waals surface area contributed by atoms with Crippen LogP contribution in [0.5, 0.6) is 0 Å². The molecule has 1 saturated heterocycles. The number of nitrogens with zero attached hydrogens (tertiary/aromatic N) is 4. The summed E-state index contributed by atoms with van der Waals surface area (Å²) in [4.78, 5) is 11.4. The summed E-state index contributed by atoms with van der Waals surface area (Å²) >= 11 is 1.35. The molecule has 2 aromatic rings. The lowest BCUT2D eigenvalue weighted by Gasteiger charge is -2.34. The number of rotatable bonds is 3. The van der Waals surface area contributed by atoms with Gasteiger partial charge >= 0.3 is 0 Å². The van der Waals surface area contributed by atoms with Crippen LogP contribution in [0.3, 0.4) is 0 Å². The van der Waals surface area contributed by atoms with E-state index in [1.54, 1.807) is 22.9 Å². The Morgan fingerprint density at radius 1 is 1.14 bits per heavy atom. The first kappa shape index (κ1) is 15.4. The quantitative estimate of drug-likeness (QED) is 0.852. The molecule has 1 aliphatic rings. The highest BCUT2D eigenvalue weighted by Crippen LogP contribution is 2.29. The maximum absolute atomic E-state index is 12.8. The highest BCUT2D eigenvalue weighted by Gasteiger charge is 2.31. The van der Waals surface area contributed by atoms with Crippen molar-refractivity contribution in [2.75, 3.05) is 31.1 Å². The van der Waals surface area contributed by atoms with Crippen LogP contribution in [-0.2, 0) is 10.0 Å². The van der Waals surface area contributed by atoms with Crippen molar-refractivity contribution in [3.8, 4) is 0 Å². The number of piperazine rings is 1. The normalized spacial score (nSPS) is 16.9. The van der Waals surface area contributed by atoms with E-state index in [1.165, 1.54) is 11.3 Å². The molecule has 1 fully saturated rings. The number of aryl methyl sites for hydroxylation is 2. The topological polar surface area (TPSA) is 66.4 Å². The van der Waals surface area contributed by atoms with E-state index in [1.807, 2.05) is 19.9 Å². The van der Waals surface area contributed by atoms with Gasteiger partial charge in [-0.1, -0.05) is 0 Å². The molecule has 0 aliphatic carbocycles. The van der Waals surface area contributed by atoms with Crippen LogP contribution in [0.4, 0.5) is 5.82 Å². The molecule has 3 rings (SSSR count). The summed E-state index contributed by atoms with van der Waals surface area (Å²) in [5, 5.41) is 0. The fourth-order valence-corrected chi connectivity index (χ4v) is 5.83. The Bertz CT molecular complexity index is 750. The van der Waals surface area contributed by atoms with Crippen LogP contribution in [-0.4, -0.2) is 48.9 Å². The minimum atomic E-state index is -3.39. The molecule has 2 aromatic heterocycles. The molecule has 0 saturated carbocycles. The summed E-state index contributed by atoms with van der Waals surface area (Å²) in [6.45, 7) is 5.97. The molecule has 0 N–H and O–H groups in total. The smallest absolute Gasteiger partial charge is 0.252 e. The van der Waals surface area contributed by atoms with Gasteiger partial charge in [0.1, 0.15) is 10.0 Å². The molecule has 0 spiro atoms. The van der Waals surface area contributed by atoms with Gasteiger partial charge in [-0.3, -0.25) is 4.98 Å². The zero-order valence-corrected chi connectivity index (χ0v) is 14.2. The van der Waals surface area contributed by atoms with E-state index in [-0.39, 0.29) is 0 Å². The molecule has 0 unspecified atom stereocenters. The predicted octanol–water partition coefficient (Wildman–Crippen LogP) is 1.67. The Morgan fingerprint density at radius 2 is 1.86 bits per heavy atom. The van der Waals surface area contributed by atoms with E-state index in [9.17, 15) is 8.42 Å². The predicted molar refractivity (Wildman–Crippen MR) is 86.8 cm³/mol. The van der Waals surface area contributed by atoms with E-state index in [4.69, 9.17) is 0 Å². The Morgan fingerprint density at radius 3 is 2.41 bits per heavy atom. The van der Waals surface area contributed by atoms with Crippen LogP contribution in [0.2, 0.25) is 0 Å². The number of thiophene rings is 1. The van der Waals surface area contributed by atoms with Crippen molar-refractivity contribution in [3.63, 3.8) is 0 Å². The van der Waals surface area contributed by atoms with E-state index in [2.05, 4.69) is 14.9 Å².